The van der Waals surface area contributed by atoms with Crippen molar-refractivity contribution < 1.29 is 29.9 Å². The first kappa shape index (κ1) is 32.6. The van der Waals surface area contributed by atoms with Crippen molar-refractivity contribution in [2.75, 3.05) is 40.0 Å². The van der Waals surface area contributed by atoms with Crippen LogP contribution in [0.3, 0.4) is 0 Å². The molecule has 212 valence electrons. The van der Waals surface area contributed by atoms with Gasteiger partial charge in [0.05, 0.1) is 25.4 Å². The van der Waals surface area contributed by atoms with Crippen molar-refractivity contribution in [1.29, 1.82) is 0 Å². The molecule has 2 aliphatic carbocycles. The summed E-state index contributed by atoms with van der Waals surface area (Å²) in [6.45, 7) is 4.00. The predicted octanol–water partition coefficient (Wildman–Crippen LogP) is 3.17. The lowest BCUT2D eigenvalue weighted by atomic mass is 9.78. The zero-order valence-corrected chi connectivity index (χ0v) is 22.3. The molecule has 11 heteroatoms. The Hall–Kier alpha value is -1.40. The first-order chi connectivity index (χ1) is 17.1. The number of hydrogen-bond donors (Lipinski definition) is 3. The van der Waals surface area contributed by atoms with Crippen molar-refractivity contribution >= 4 is 0 Å². The summed E-state index contributed by atoms with van der Waals surface area (Å²) in [6.07, 6.45) is 11.0. The molecule has 0 aromatic carbocycles. The molecular weight excluding hydrogens is 470 g/mol. The molecule has 0 radical (unpaired) electrons. The van der Waals surface area contributed by atoms with Gasteiger partial charge in [0.2, 0.25) is 11.1 Å². The van der Waals surface area contributed by atoms with Gasteiger partial charge in [0.15, 0.2) is 0 Å². The minimum atomic E-state index is -0.933. The summed E-state index contributed by atoms with van der Waals surface area (Å²) in [7, 11) is 1.79. The van der Waals surface area contributed by atoms with E-state index in [0.717, 1.165) is 70.8 Å². The molecule has 36 heavy (non-hydrogen) atoms. The molecule has 3 N–H and O–H groups in total. The number of unbranched alkanes of at least 4 members (excludes halogenated alkanes) is 1. The third-order valence-corrected chi connectivity index (χ3v) is 7.48. The van der Waals surface area contributed by atoms with Gasteiger partial charge < -0.3 is 25.0 Å². The number of aliphatic hydroxyl groups excluding tert-OH is 3. The van der Waals surface area contributed by atoms with Crippen molar-refractivity contribution in [2.45, 2.75) is 120 Å². The third-order valence-electron chi connectivity index (χ3n) is 7.48. The molecule has 0 aromatic heterocycles. The standard InChI is InChI=1S/C12H24N2O4.C9H15NO3.C4H10O/c1-13(7-8-15)10-11(16)9-12(14(17)18)5-3-2-4-6-12;11-10(12)9(6-8-7-13-8)4-2-1-3-5-9;1-2-3-4-5/h11,15-16H,2-10H2,1H3;8H,1-7H2;5H,2-4H2,1H3. The van der Waals surface area contributed by atoms with Crippen LogP contribution in [0.2, 0.25) is 0 Å². The second kappa shape index (κ2) is 17.2. The number of nitrogens with zero attached hydrogens (tertiary/aromatic N) is 3. The summed E-state index contributed by atoms with van der Waals surface area (Å²) >= 11 is 0. The fraction of sp³-hybridized carbons (Fsp3) is 1.00. The average Bonchev–Trinajstić information content (AvgIpc) is 3.65. The summed E-state index contributed by atoms with van der Waals surface area (Å²) < 4.78 is 5.08. The molecule has 0 bridgehead atoms. The maximum atomic E-state index is 11.3. The van der Waals surface area contributed by atoms with E-state index in [4.69, 9.17) is 14.9 Å². The normalized spacial score (nSPS) is 22.9. The van der Waals surface area contributed by atoms with Crippen molar-refractivity contribution in [2.24, 2.45) is 0 Å². The molecule has 0 amide bonds. The van der Waals surface area contributed by atoms with Crippen molar-refractivity contribution in [3.05, 3.63) is 20.2 Å². The van der Waals surface area contributed by atoms with Gasteiger partial charge >= 0.3 is 0 Å². The first-order valence-corrected chi connectivity index (χ1v) is 13.6. The molecule has 3 fully saturated rings. The largest absolute Gasteiger partial charge is 0.396 e. The highest BCUT2D eigenvalue weighted by Crippen LogP contribution is 2.37. The number of likely N-dealkylation sites (N-methyl/N-ethyl adjacent to an activating group) is 1. The van der Waals surface area contributed by atoms with Crippen molar-refractivity contribution in [3.63, 3.8) is 0 Å². The molecule has 1 saturated heterocycles. The van der Waals surface area contributed by atoms with E-state index in [1.54, 1.807) is 11.9 Å². The fourth-order valence-electron chi connectivity index (χ4n) is 5.23. The van der Waals surface area contributed by atoms with Crippen molar-refractivity contribution in [3.8, 4) is 0 Å². The minimum absolute atomic E-state index is 0.0313. The Kier molecular flexibility index (Phi) is 15.6. The lowest BCUT2D eigenvalue weighted by Crippen LogP contribution is -2.45. The van der Waals surface area contributed by atoms with Gasteiger partial charge in [0.25, 0.3) is 0 Å². The SMILES string of the molecule is CCCCO.CN(CCO)CC(O)CC1([N+](=O)[O-])CCCCC1.O=[N+]([O-])C1(CC2CO2)CCCCC1. The number of epoxide rings is 1. The van der Waals surface area contributed by atoms with Crippen LogP contribution in [0, 0.1) is 20.2 Å². The van der Waals surface area contributed by atoms with E-state index < -0.39 is 17.2 Å². The molecule has 0 spiro atoms. The van der Waals surface area contributed by atoms with E-state index in [0.29, 0.717) is 39.0 Å². The average molecular weight is 520 g/mol. The van der Waals surface area contributed by atoms with Crippen LogP contribution < -0.4 is 0 Å². The van der Waals surface area contributed by atoms with Gasteiger partial charge in [-0.25, -0.2) is 0 Å². The van der Waals surface area contributed by atoms with Crippen LogP contribution in [-0.4, -0.2) is 93.3 Å². The van der Waals surface area contributed by atoms with Crippen LogP contribution in [0.1, 0.15) is 96.8 Å². The van der Waals surface area contributed by atoms with E-state index in [-0.39, 0.29) is 29.0 Å². The quantitative estimate of drug-likeness (QED) is 0.200. The summed E-state index contributed by atoms with van der Waals surface area (Å²) in [6, 6.07) is 0. The monoisotopic (exact) mass is 519 g/mol. The highest BCUT2D eigenvalue weighted by atomic mass is 16.6. The molecule has 2 saturated carbocycles. The Morgan fingerprint density at radius 2 is 1.44 bits per heavy atom. The molecule has 1 aliphatic heterocycles. The van der Waals surface area contributed by atoms with Gasteiger partial charge in [0, 0.05) is 68.1 Å². The van der Waals surface area contributed by atoms with Crippen molar-refractivity contribution in [1.82, 2.24) is 4.90 Å². The second-order valence-electron chi connectivity index (χ2n) is 10.7. The predicted molar refractivity (Wildman–Crippen MR) is 137 cm³/mol. The molecule has 0 aromatic rings. The summed E-state index contributed by atoms with van der Waals surface area (Å²) in [5.41, 5.74) is -1.57. The maximum Gasteiger partial charge on any atom is 0.224 e. The Morgan fingerprint density at radius 1 is 0.944 bits per heavy atom. The Bertz CT molecular complexity index is 618. The first-order valence-electron chi connectivity index (χ1n) is 13.6. The van der Waals surface area contributed by atoms with Gasteiger partial charge in [-0.1, -0.05) is 26.2 Å². The fourth-order valence-corrected chi connectivity index (χ4v) is 5.23. The second-order valence-corrected chi connectivity index (χ2v) is 10.7. The number of aliphatic hydroxyl groups is 3. The van der Waals surface area contributed by atoms with E-state index in [1.807, 2.05) is 0 Å². The Morgan fingerprint density at radius 3 is 1.81 bits per heavy atom. The lowest BCUT2D eigenvalue weighted by Gasteiger charge is -2.31. The molecule has 1 heterocycles. The third kappa shape index (κ3) is 11.8. The molecule has 3 rings (SSSR count). The van der Waals surface area contributed by atoms with Crippen LogP contribution in [0.5, 0.6) is 0 Å². The van der Waals surface area contributed by atoms with E-state index >= 15 is 0 Å². The van der Waals surface area contributed by atoms with Crippen LogP contribution in [0.15, 0.2) is 0 Å². The topological polar surface area (TPSA) is 163 Å². The molecule has 2 unspecified atom stereocenters. The number of ether oxygens (including phenoxy) is 1. The summed E-state index contributed by atoms with van der Waals surface area (Å²) in [4.78, 5) is 23.8. The number of rotatable bonds is 12. The van der Waals surface area contributed by atoms with E-state index in [1.165, 1.54) is 0 Å². The Balaban J connectivity index is 0.000000313. The highest BCUT2D eigenvalue weighted by Gasteiger charge is 2.48. The van der Waals surface area contributed by atoms with E-state index in [2.05, 4.69) is 6.92 Å². The zero-order valence-electron chi connectivity index (χ0n) is 22.3. The van der Waals surface area contributed by atoms with Crippen LogP contribution in [0.4, 0.5) is 0 Å². The molecule has 2 atom stereocenters. The minimum Gasteiger partial charge on any atom is -0.396 e. The lowest BCUT2D eigenvalue weighted by molar-refractivity contribution is -0.578. The molecule has 11 nitrogen and oxygen atoms in total. The number of nitro groups is 2. The zero-order chi connectivity index (χ0) is 27.0. The van der Waals surface area contributed by atoms with E-state index in [9.17, 15) is 25.3 Å². The summed E-state index contributed by atoms with van der Waals surface area (Å²) in [5.74, 6) is 0. The summed E-state index contributed by atoms with van der Waals surface area (Å²) in [5, 5.41) is 49.1. The van der Waals surface area contributed by atoms with Crippen LogP contribution in [0.25, 0.3) is 0 Å². The van der Waals surface area contributed by atoms with Gasteiger partial charge in [-0.3, -0.25) is 20.2 Å². The highest BCUT2D eigenvalue weighted by molar-refractivity contribution is 4.89. The smallest absolute Gasteiger partial charge is 0.224 e. The number of hydrogen-bond acceptors (Lipinski definition) is 9. The molecular formula is C25H49N3O8. The van der Waals surface area contributed by atoms with Gasteiger partial charge in [-0.15, -0.1) is 0 Å². The van der Waals surface area contributed by atoms with Crippen LogP contribution in [-0.2, 0) is 4.74 Å². The van der Waals surface area contributed by atoms with Gasteiger partial charge in [-0.2, -0.15) is 0 Å². The van der Waals surface area contributed by atoms with Crippen LogP contribution >= 0.6 is 0 Å². The van der Waals surface area contributed by atoms with Gasteiger partial charge in [0.1, 0.15) is 0 Å². The maximum absolute atomic E-state index is 11.3. The molecule has 3 aliphatic rings. The van der Waals surface area contributed by atoms with Gasteiger partial charge in [-0.05, 0) is 39.2 Å². The Labute approximate surface area is 215 Å².